The standard InChI is InChI=1S/C22H44N2O/c1-7-22(6,15-20(2,3)16-23)14-18(24)19(25)21(4,5)17-12-10-8-9-11-13-17/h17-18H,7-16,23-24H2,1-6H3. The predicted octanol–water partition coefficient (Wildman–Crippen LogP) is 5.06. The Morgan fingerprint density at radius 3 is 2.00 bits per heavy atom. The van der Waals surface area contributed by atoms with Crippen LogP contribution in [0.2, 0.25) is 0 Å². The molecule has 0 aromatic heterocycles. The number of nitrogens with two attached hydrogens (primary N) is 2. The van der Waals surface area contributed by atoms with E-state index in [2.05, 4.69) is 41.5 Å². The molecular weight excluding hydrogens is 308 g/mol. The summed E-state index contributed by atoms with van der Waals surface area (Å²) in [5, 5.41) is 0. The third-order valence-electron chi connectivity index (χ3n) is 6.87. The molecule has 0 aromatic carbocycles. The summed E-state index contributed by atoms with van der Waals surface area (Å²) in [6, 6.07) is -0.364. The second kappa shape index (κ2) is 8.99. The first-order valence-electron chi connectivity index (χ1n) is 10.5. The summed E-state index contributed by atoms with van der Waals surface area (Å²) >= 11 is 0. The molecule has 0 spiro atoms. The van der Waals surface area contributed by atoms with Crippen molar-refractivity contribution in [3.05, 3.63) is 0 Å². The summed E-state index contributed by atoms with van der Waals surface area (Å²) in [4.78, 5) is 13.3. The highest BCUT2D eigenvalue weighted by atomic mass is 16.1. The van der Waals surface area contributed by atoms with E-state index in [1.54, 1.807) is 0 Å². The molecule has 3 heteroatoms. The van der Waals surface area contributed by atoms with Crippen molar-refractivity contribution < 1.29 is 4.79 Å². The van der Waals surface area contributed by atoms with Crippen LogP contribution in [0.4, 0.5) is 0 Å². The maximum Gasteiger partial charge on any atom is 0.155 e. The first kappa shape index (κ1) is 22.6. The van der Waals surface area contributed by atoms with Gasteiger partial charge in [0.2, 0.25) is 0 Å². The average molecular weight is 353 g/mol. The number of carbonyl (C=O) groups excluding carboxylic acids is 1. The van der Waals surface area contributed by atoms with E-state index in [1.807, 2.05) is 0 Å². The van der Waals surface area contributed by atoms with Gasteiger partial charge in [-0.3, -0.25) is 4.79 Å². The Bertz CT molecular complexity index is 422. The van der Waals surface area contributed by atoms with Crippen molar-refractivity contribution in [2.75, 3.05) is 6.54 Å². The Hall–Kier alpha value is -0.410. The first-order chi connectivity index (χ1) is 11.5. The van der Waals surface area contributed by atoms with Gasteiger partial charge in [0.1, 0.15) is 0 Å². The van der Waals surface area contributed by atoms with Crippen molar-refractivity contribution in [3.63, 3.8) is 0 Å². The number of carbonyl (C=O) groups is 1. The van der Waals surface area contributed by atoms with Crippen LogP contribution in [0.15, 0.2) is 0 Å². The van der Waals surface area contributed by atoms with Gasteiger partial charge in [-0.05, 0) is 49.0 Å². The summed E-state index contributed by atoms with van der Waals surface area (Å²) in [7, 11) is 0. The van der Waals surface area contributed by atoms with E-state index >= 15 is 0 Å². The molecule has 2 atom stereocenters. The van der Waals surface area contributed by atoms with E-state index in [1.165, 1.54) is 38.5 Å². The minimum Gasteiger partial charge on any atom is -0.330 e. The van der Waals surface area contributed by atoms with Gasteiger partial charge in [-0.1, -0.05) is 73.6 Å². The molecule has 1 saturated carbocycles. The van der Waals surface area contributed by atoms with Gasteiger partial charge in [0, 0.05) is 5.41 Å². The Labute approximate surface area is 156 Å². The van der Waals surface area contributed by atoms with Crippen molar-refractivity contribution >= 4 is 5.78 Å². The van der Waals surface area contributed by atoms with E-state index < -0.39 is 0 Å². The summed E-state index contributed by atoms with van der Waals surface area (Å²) in [5.74, 6) is 0.756. The highest BCUT2D eigenvalue weighted by Crippen LogP contribution is 2.42. The van der Waals surface area contributed by atoms with Gasteiger partial charge in [0.25, 0.3) is 0 Å². The number of hydrogen-bond donors (Lipinski definition) is 2. The first-order valence-corrected chi connectivity index (χ1v) is 10.5. The lowest BCUT2D eigenvalue weighted by Gasteiger charge is -2.40. The zero-order chi connectivity index (χ0) is 19.3. The van der Waals surface area contributed by atoms with Crippen molar-refractivity contribution in [2.24, 2.45) is 33.6 Å². The van der Waals surface area contributed by atoms with Crippen LogP contribution in [0.3, 0.4) is 0 Å². The second-order valence-electron chi connectivity index (χ2n) is 10.3. The normalized spacial score (nSPS) is 21.4. The lowest BCUT2D eigenvalue weighted by Crippen LogP contribution is -2.47. The zero-order valence-electron chi connectivity index (χ0n) is 17.8. The Balaban J connectivity index is 2.81. The van der Waals surface area contributed by atoms with Gasteiger partial charge in [-0.25, -0.2) is 0 Å². The molecule has 1 aliphatic carbocycles. The number of ketones is 1. The molecule has 148 valence electrons. The van der Waals surface area contributed by atoms with E-state index in [9.17, 15) is 4.79 Å². The van der Waals surface area contributed by atoms with Crippen LogP contribution in [-0.4, -0.2) is 18.4 Å². The number of rotatable bonds is 9. The van der Waals surface area contributed by atoms with Gasteiger partial charge in [-0.2, -0.15) is 0 Å². The highest BCUT2D eigenvalue weighted by molar-refractivity contribution is 5.89. The van der Waals surface area contributed by atoms with Gasteiger partial charge in [-0.15, -0.1) is 0 Å². The lowest BCUT2D eigenvalue weighted by molar-refractivity contribution is -0.132. The van der Waals surface area contributed by atoms with Gasteiger partial charge in [0.15, 0.2) is 5.78 Å². The number of hydrogen-bond acceptors (Lipinski definition) is 3. The summed E-state index contributed by atoms with van der Waals surface area (Å²) in [5.41, 5.74) is 12.3. The van der Waals surface area contributed by atoms with Crippen LogP contribution in [0, 0.1) is 22.2 Å². The van der Waals surface area contributed by atoms with Gasteiger partial charge in [0.05, 0.1) is 6.04 Å². The van der Waals surface area contributed by atoms with Crippen LogP contribution in [0.25, 0.3) is 0 Å². The quantitative estimate of drug-likeness (QED) is 0.570. The Morgan fingerprint density at radius 2 is 1.56 bits per heavy atom. The number of Topliss-reactive ketones (excluding diaryl/α,β-unsaturated/α-hetero) is 1. The molecule has 0 amide bonds. The fourth-order valence-electron chi connectivity index (χ4n) is 4.87. The Kier molecular flexibility index (Phi) is 8.14. The van der Waals surface area contributed by atoms with Crippen molar-refractivity contribution in [3.8, 4) is 0 Å². The highest BCUT2D eigenvalue weighted by Gasteiger charge is 2.41. The van der Waals surface area contributed by atoms with Crippen LogP contribution in [0.1, 0.15) is 99.3 Å². The predicted molar refractivity (Wildman–Crippen MR) is 108 cm³/mol. The molecule has 2 unspecified atom stereocenters. The molecule has 3 nitrogen and oxygen atoms in total. The molecule has 0 radical (unpaired) electrons. The largest absolute Gasteiger partial charge is 0.330 e. The average Bonchev–Trinajstić information content (AvgIpc) is 2.83. The molecule has 1 rings (SSSR count). The summed E-state index contributed by atoms with van der Waals surface area (Å²) in [6.45, 7) is 13.8. The molecular formula is C22H44N2O. The summed E-state index contributed by atoms with van der Waals surface area (Å²) < 4.78 is 0. The maximum absolute atomic E-state index is 13.3. The fourth-order valence-corrected chi connectivity index (χ4v) is 4.87. The van der Waals surface area contributed by atoms with Crippen molar-refractivity contribution in [1.29, 1.82) is 0 Å². The Morgan fingerprint density at radius 1 is 1.04 bits per heavy atom. The minimum atomic E-state index is -0.364. The maximum atomic E-state index is 13.3. The topological polar surface area (TPSA) is 69.1 Å². The van der Waals surface area contributed by atoms with Crippen LogP contribution >= 0.6 is 0 Å². The lowest BCUT2D eigenvalue weighted by atomic mass is 9.65. The minimum absolute atomic E-state index is 0.0669. The van der Waals surface area contributed by atoms with Crippen LogP contribution in [0.5, 0.6) is 0 Å². The molecule has 0 aliphatic heterocycles. The fraction of sp³-hybridized carbons (Fsp3) is 0.955. The third kappa shape index (κ3) is 6.36. The van der Waals surface area contributed by atoms with E-state index in [-0.39, 0.29) is 28.1 Å². The monoisotopic (exact) mass is 352 g/mol. The second-order valence-corrected chi connectivity index (χ2v) is 10.3. The van der Waals surface area contributed by atoms with Crippen LogP contribution in [-0.2, 0) is 4.79 Å². The molecule has 0 bridgehead atoms. The van der Waals surface area contributed by atoms with E-state index in [0.717, 1.165) is 19.3 Å². The molecule has 0 saturated heterocycles. The molecule has 4 N–H and O–H groups in total. The smallest absolute Gasteiger partial charge is 0.155 e. The van der Waals surface area contributed by atoms with Crippen LogP contribution < -0.4 is 11.5 Å². The van der Waals surface area contributed by atoms with Gasteiger partial charge >= 0.3 is 0 Å². The van der Waals surface area contributed by atoms with Gasteiger partial charge < -0.3 is 11.5 Å². The van der Waals surface area contributed by atoms with E-state index in [0.29, 0.717) is 12.5 Å². The SMILES string of the molecule is CCC(C)(CC(N)C(=O)C(C)(C)C1CCCCCC1)CC(C)(C)CN. The molecule has 0 aromatic rings. The molecule has 0 heterocycles. The summed E-state index contributed by atoms with van der Waals surface area (Å²) in [6.07, 6.45) is 10.3. The van der Waals surface area contributed by atoms with Crippen molar-refractivity contribution in [1.82, 2.24) is 0 Å². The third-order valence-corrected chi connectivity index (χ3v) is 6.87. The molecule has 1 fully saturated rings. The van der Waals surface area contributed by atoms with Crippen molar-refractivity contribution in [2.45, 2.75) is 105 Å². The molecule has 25 heavy (non-hydrogen) atoms. The molecule has 1 aliphatic rings. The van der Waals surface area contributed by atoms with E-state index in [4.69, 9.17) is 11.5 Å². The zero-order valence-corrected chi connectivity index (χ0v) is 17.8.